The second-order valence-corrected chi connectivity index (χ2v) is 5.59. The number of ether oxygens (including phenoxy) is 1. The van der Waals surface area contributed by atoms with Crippen LogP contribution < -0.4 is 10.1 Å². The van der Waals surface area contributed by atoms with Gasteiger partial charge in [0.2, 0.25) is 0 Å². The molecule has 0 aliphatic rings. The molecule has 1 atom stereocenters. The van der Waals surface area contributed by atoms with E-state index in [1.807, 2.05) is 31.2 Å². The molecule has 0 aliphatic heterocycles. The molecule has 1 aromatic heterocycles. The van der Waals surface area contributed by atoms with Gasteiger partial charge in [0.1, 0.15) is 5.75 Å². The van der Waals surface area contributed by atoms with E-state index in [0.29, 0.717) is 17.3 Å². The van der Waals surface area contributed by atoms with Crippen molar-refractivity contribution in [1.29, 1.82) is 0 Å². The molecule has 2 amide bonds. The second-order valence-electron chi connectivity index (χ2n) is 5.16. The molecule has 1 N–H and O–H groups in total. The fourth-order valence-corrected chi connectivity index (χ4v) is 2.32. The number of benzene rings is 1. The summed E-state index contributed by atoms with van der Waals surface area (Å²) >= 11 is 5.94. The smallest absolute Gasteiger partial charge is 0.317 e. The fraction of sp³-hybridized carbons (Fsp3) is 0.294. The molecule has 0 bridgehead atoms. The van der Waals surface area contributed by atoms with E-state index in [1.54, 1.807) is 37.4 Å². The number of methoxy groups -OCH3 is 1. The average molecular weight is 334 g/mol. The molecule has 0 saturated carbocycles. The van der Waals surface area contributed by atoms with Crippen LogP contribution in [0.5, 0.6) is 5.75 Å². The highest BCUT2D eigenvalue weighted by Gasteiger charge is 2.18. The number of carbonyl (C=O) groups excluding carboxylic acids is 1. The van der Waals surface area contributed by atoms with Gasteiger partial charge in [-0.15, -0.1) is 0 Å². The average Bonchev–Trinajstić information content (AvgIpc) is 2.59. The van der Waals surface area contributed by atoms with Gasteiger partial charge in [-0.05, 0) is 31.2 Å². The van der Waals surface area contributed by atoms with Crippen molar-refractivity contribution in [2.24, 2.45) is 0 Å². The van der Waals surface area contributed by atoms with E-state index < -0.39 is 0 Å². The predicted octanol–water partition coefficient (Wildman–Crippen LogP) is 3.65. The van der Waals surface area contributed by atoms with Crippen molar-refractivity contribution < 1.29 is 9.53 Å². The SMILES string of the molecule is COc1cc(Cl)ccc1CNC(=O)N(C)[C@H](C)c1ccccn1. The molecule has 1 heterocycles. The summed E-state index contributed by atoms with van der Waals surface area (Å²) in [7, 11) is 3.32. The molecule has 2 aromatic rings. The number of carbonyl (C=O) groups is 1. The number of amides is 2. The van der Waals surface area contributed by atoms with Crippen LogP contribution in [0.15, 0.2) is 42.6 Å². The van der Waals surface area contributed by atoms with Crippen LogP contribution in [0.3, 0.4) is 0 Å². The quantitative estimate of drug-likeness (QED) is 0.908. The minimum absolute atomic E-state index is 0.122. The van der Waals surface area contributed by atoms with E-state index in [4.69, 9.17) is 16.3 Å². The second kappa shape index (κ2) is 7.83. The van der Waals surface area contributed by atoms with E-state index in [9.17, 15) is 4.79 Å². The molecular weight excluding hydrogens is 314 g/mol. The van der Waals surface area contributed by atoms with Crippen molar-refractivity contribution in [3.8, 4) is 5.75 Å². The van der Waals surface area contributed by atoms with E-state index in [1.165, 1.54) is 0 Å². The number of pyridine rings is 1. The van der Waals surface area contributed by atoms with Crippen LogP contribution in [0.25, 0.3) is 0 Å². The summed E-state index contributed by atoms with van der Waals surface area (Å²) in [6.45, 7) is 2.29. The number of nitrogens with zero attached hydrogens (tertiary/aromatic N) is 2. The maximum absolute atomic E-state index is 12.3. The molecule has 0 unspecified atom stereocenters. The topological polar surface area (TPSA) is 54.5 Å². The number of aromatic nitrogens is 1. The molecule has 0 saturated heterocycles. The van der Waals surface area contributed by atoms with Crippen molar-refractivity contribution >= 4 is 17.6 Å². The number of hydrogen-bond donors (Lipinski definition) is 1. The van der Waals surface area contributed by atoms with Crippen molar-refractivity contribution in [2.45, 2.75) is 19.5 Å². The van der Waals surface area contributed by atoms with Crippen LogP contribution in [0.1, 0.15) is 24.2 Å². The first-order chi connectivity index (χ1) is 11.0. The summed E-state index contributed by atoms with van der Waals surface area (Å²) in [6, 6.07) is 10.7. The normalized spacial score (nSPS) is 11.7. The lowest BCUT2D eigenvalue weighted by molar-refractivity contribution is 0.193. The lowest BCUT2D eigenvalue weighted by atomic mass is 10.2. The van der Waals surface area contributed by atoms with Crippen LogP contribution in [-0.4, -0.2) is 30.1 Å². The van der Waals surface area contributed by atoms with Crippen molar-refractivity contribution in [3.63, 3.8) is 0 Å². The number of nitrogens with one attached hydrogen (secondary N) is 1. The van der Waals surface area contributed by atoms with Crippen molar-refractivity contribution in [2.75, 3.05) is 14.2 Å². The number of halogens is 1. The van der Waals surface area contributed by atoms with Crippen LogP contribution >= 0.6 is 11.6 Å². The fourth-order valence-electron chi connectivity index (χ4n) is 2.16. The molecule has 0 spiro atoms. The zero-order valence-corrected chi connectivity index (χ0v) is 14.2. The van der Waals surface area contributed by atoms with Crippen molar-refractivity contribution in [3.05, 3.63) is 58.9 Å². The molecule has 23 heavy (non-hydrogen) atoms. The highest BCUT2D eigenvalue weighted by atomic mass is 35.5. The third-order valence-corrected chi connectivity index (χ3v) is 3.93. The maximum Gasteiger partial charge on any atom is 0.317 e. The number of rotatable bonds is 5. The van der Waals surface area contributed by atoms with Gasteiger partial charge < -0.3 is 15.0 Å². The Hall–Kier alpha value is -2.27. The van der Waals surface area contributed by atoms with Crippen LogP contribution in [0.2, 0.25) is 5.02 Å². The largest absolute Gasteiger partial charge is 0.496 e. The summed E-state index contributed by atoms with van der Waals surface area (Å²) in [6.07, 6.45) is 1.72. The Morgan fingerprint density at radius 3 is 2.83 bits per heavy atom. The number of hydrogen-bond acceptors (Lipinski definition) is 3. The maximum atomic E-state index is 12.3. The summed E-state index contributed by atoms with van der Waals surface area (Å²) in [5.74, 6) is 0.651. The third kappa shape index (κ3) is 4.36. The van der Waals surface area contributed by atoms with Crippen molar-refractivity contribution in [1.82, 2.24) is 15.2 Å². The van der Waals surface area contributed by atoms with Gasteiger partial charge in [0, 0.05) is 30.4 Å². The highest BCUT2D eigenvalue weighted by Crippen LogP contribution is 2.23. The Balaban J connectivity index is 1.99. The van der Waals surface area contributed by atoms with Crippen LogP contribution in [0.4, 0.5) is 4.79 Å². The molecule has 0 radical (unpaired) electrons. The van der Waals surface area contributed by atoms with E-state index in [-0.39, 0.29) is 12.1 Å². The Bertz CT molecular complexity index is 664. The van der Waals surface area contributed by atoms with E-state index >= 15 is 0 Å². The molecule has 122 valence electrons. The predicted molar refractivity (Wildman–Crippen MR) is 90.7 cm³/mol. The van der Waals surface area contributed by atoms with Gasteiger partial charge in [-0.3, -0.25) is 4.98 Å². The summed E-state index contributed by atoms with van der Waals surface area (Å²) in [4.78, 5) is 18.2. The molecule has 2 rings (SSSR count). The van der Waals surface area contributed by atoms with Gasteiger partial charge in [-0.1, -0.05) is 23.7 Å². The first kappa shape index (κ1) is 17.1. The van der Waals surface area contributed by atoms with Crippen LogP contribution in [-0.2, 0) is 6.54 Å². The van der Waals surface area contributed by atoms with E-state index in [0.717, 1.165) is 11.3 Å². The summed E-state index contributed by atoms with van der Waals surface area (Å²) < 4.78 is 5.28. The Kier molecular flexibility index (Phi) is 5.82. The Labute approximate surface area is 141 Å². The van der Waals surface area contributed by atoms with Gasteiger partial charge in [-0.2, -0.15) is 0 Å². The molecule has 0 aliphatic carbocycles. The van der Waals surface area contributed by atoms with Crippen LogP contribution in [0, 0.1) is 0 Å². The zero-order valence-electron chi connectivity index (χ0n) is 13.4. The molecule has 5 nitrogen and oxygen atoms in total. The standard InChI is InChI=1S/C17H20ClN3O2/c1-12(15-6-4-5-9-19-15)21(2)17(22)20-11-13-7-8-14(18)10-16(13)23-3/h4-10,12H,11H2,1-3H3,(H,20,22)/t12-/m1/s1. The molecule has 6 heteroatoms. The first-order valence-corrected chi connectivity index (χ1v) is 7.64. The molecule has 1 aromatic carbocycles. The lowest BCUT2D eigenvalue weighted by Crippen LogP contribution is -2.38. The summed E-state index contributed by atoms with van der Waals surface area (Å²) in [5.41, 5.74) is 1.71. The molecular formula is C17H20ClN3O2. The minimum Gasteiger partial charge on any atom is -0.496 e. The Morgan fingerprint density at radius 2 is 2.17 bits per heavy atom. The van der Waals surface area contributed by atoms with Gasteiger partial charge in [0.05, 0.1) is 18.8 Å². The van der Waals surface area contributed by atoms with E-state index in [2.05, 4.69) is 10.3 Å². The third-order valence-electron chi connectivity index (χ3n) is 3.70. The number of urea groups is 1. The minimum atomic E-state index is -0.180. The first-order valence-electron chi connectivity index (χ1n) is 7.27. The monoisotopic (exact) mass is 333 g/mol. The summed E-state index contributed by atoms with van der Waals surface area (Å²) in [5, 5.41) is 3.47. The lowest BCUT2D eigenvalue weighted by Gasteiger charge is -2.25. The van der Waals surface area contributed by atoms with Gasteiger partial charge in [0.15, 0.2) is 0 Å². The van der Waals surface area contributed by atoms with Gasteiger partial charge in [0.25, 0.3) is 0 Å². The molecule has 0 fully saturated rings. The van der Waals surface area contributed by atoms with Gasteiger partial charge in [-0.25, -0.2) is 4.79 Å². The van der Waals surface area contributed by atoms with Gasteiger partial charge >= 0.3 is 6.03 Å². The highest BCUT2D eigenvalue weighted by molar-refractivity contribution is 6.30. The zero-order chi connectivity index (χ0) is 16.8. The Morgan fingerprint density at radius 1 is 1.39 bits per heavy atom.